The van der Waals surface area contributed by atoms with Crippen LogP contribution in [-0.2, 0) is 16.1 Å². The zero-order valence-electron chi connectivity index (χ0n) is 13.6. The average Bonchev–Trinajstić information content (AvgIpc) is 2.59. The molecule has 6 heteroatoms. The Kier molecular flexibility index (Phi) is 7.86. The summed E-state index contributed by atoms with van der Waals surface area (Å²) in [6, 6.07) is 7.85. The summed E-state index contributed by atoms with van der Waals surface area (Å²) in [5.74, 6) is 0.876. The zero-order chi connectivity index (χ0) is 16.3. The predicted molar refractivity (Wildman–Crippen MR) is 89.3 cm³/mol. The number of nitrogens with zero attached hydrogens (tertiary/aromatic N) is 1. The van der Waals surface area contributed by atoms with E-state index in [9.17, 15) is 4.79 Å². The highest BCUT2D eigenvalue weighted by Crippen LogP contribution is 2.13. The van der Waals surface area contributed by atoms with E-state index in [1.807, 2.05) is 24.3 Å². The monoisotopic (exact) mass is 321 g/mol. The molecule has 0 spiro atoms. The third-order valence-electron chi connectivity index (χ3n) is 3.78. The first-order valence-electron chi connectivity index (χ1n) is 8.26. The first-order valence-corrected chi connectivity index (χ1v) is 8.26. The van der Waals surface area contributed by atoms with Gasteiger partial charge in [-0.15, -0.1) is 0 Å². The molecular formula is C17H27N3O3. The third kappa shape index (κ3) is 6.99. The highest BCUT2D eigenvalue weighted by atomic mass is 16.5. The summed E-state index contributed by atoms with van der Waals surface area (Å²) < 4.78 is 11.1. The molecule has 0 aliphatic carbocycles. The number of ether oxygens (including phenoxy) is 2. The van der Waals surface area contributed by atoms with Crippen molar-refractivity contribution in [2.45, 2.75) is 19.4 Å². The number of nitrogens with two attached hydrogens (primary N) is 1. The van der Waals surface area contributed by atoms with Crippen molar-refractivity contribution in [2.24, 2.45) is 5.73 Å². The molecule has 0 atom stereocenters. The van der Waals surface area contributed by atoms with Gasteiger partial charge < -0.3 is 20.5 Å². The van der Waals surface area contributed by atoms with E-state index in [1.54, 1.807) is 0 Å². The van der Waals surface area contributed by atoms with Gasteiger partial charge in [-0.3, -0.25) is 9.69 Å². The Morgan fingerprint density at radius 1 is 1.35 bits per heavy atom. The Morgan fingerprint density at radius 3 is 2.96 bits per heavy atom. The predicted octanol–water partition coefficient (Wildman–Crippen LogP) is 0.753. The molecule has 23 heavy (non-hydrogen) atoms. The summed E-state index contributed by atoms with van der Waals surface area (Å²) in [5.41, 5.74) is 6.43. The molecule has 1 aliphatic rings. The topological polar surface area (TPSA) is 76.8 Å². The normalized spacial score (nSPS) is 15.3. The molecule has 1 aromatic rings. The Labute approximate surface area is 137 Å². The highest BCUT2D eigenvalue weighted by Gasteiger charge is 2.09. The van der Waals surface area contributed by atoms with Crippen molar-refractivity contribution < 1.29 is 14.3 Å². The molecule has 6 nitrogen and oxygen atoms in total. The lowest BCUT2D eigenvalue weighted by atomic mass is 10.2. The molecule has 1 heterocycles. The number of carbonyl (C=O) groups excluding carboxylic acids is 1. The van der Waals surface area contributed by atoms with Crippen LogP contribution in [0.5, 0.6) is 5.75 Å². The van der Waals surface area contributed by atoms with Gasteiger partial charge >= 0.3 is 0 Å². The van der Waals surface area contributed by atoms with Gasteiger partial charge in [-0.1, -0.05) is 12.1 Å². The van der Waals surface area contributed by atoms with Crippen LogP contribution in [0.25, 0.3) is 0 Å². The van der Waals surface area contributed by atoms with Gasteiger partial charge in [0, 0.05) is 32.6 Å². The van der Waals surface area contributed by atoms with Gasteiger partial charge in [0.2, 0.25) is 5.91 Å². The summed E-state index contributed by atoms with van der Waals surface area (Å²) in [4.78, 5) is 13.9. The van der Waals surface area contributed by atoms with Crippen LogP contribution < -0.4 is 15.8 Å². The highest BCUT2D eigenvalue weighted by molar-refractivity contribution is 5.75. The fourth-order valence-corrected chi connectivity index (χ4v) is 2.41. The van der Waals surface area contributed by atoms with Crippen molar-refractivity contribution in [3.05, 3.63) is 29.8 Å². The van der Waals surface area contributed by atoms with Crippen LogP contribution >= 0.6 is 0 Å². The lowest BCUT2D eigenvalue weighted by Gasteiger charge is -2.26. The zero-order valence-corrected chi connectivity index (χ0v) is 13.6. The molecule has 0 bridgehead atoms. The molecule has 128 valence electrons. The molecule has 0 saturated carbocycles. The summed E-state index contributed by atoms with van der Waals surface area (Å²) in [6.45, 7) is 6.18. The Bertz CT molecular complexity index is 476. The van der Waals surface area contributed by atoms with Crippen molar-refractivity contribution in [1.29, 1.82) is 0 Å². The van der Waals surface area contributed by atoms with Crippen molar-refractivity contribution >= 4 is 5.91 Å². The largest absolute Gasteiger partial charge is 0.492 e. The molecule has 1 fully saturated rings. The molecule has 1 saturated heterocycles. The summed E-state index contributed by atoms with van der Waals surface area (Å²) in [6.07, 6.45) is 1.20. The number of nitrogens with one attached hydrogen (secondary N) is 1. The second-order valence-corrected chi connectivity index (χ2v) is 5.62. The number of amides is 1. The maximum Gasteiger partial charge on any atom is 0.220 e. The van der Waals surface area contributed by atoms with Gasteiger partial charge in [-0.2, -0.15) is 0 Å². The molecule has 0 unspecified atom stereocenters. The first-order chi connectivity index (χ1) is 11.3. The van der Waals surface area contributed by atoms with E-state index in [0.717, 1.165) is 50.6 Å². The van der Waals surface area contributed by atoms with Gasteiger partial charge in [0.15, 0.2) is 0 Å². The van der Waals surface area contributed by atoms with Crippen LogP contribution in [0.1, 0.15) is 18.4 Å². The first kappa shape index (κ1) is 17.7. The van der Waals surface area contributed by atoms with E-state index in [2.05, 4.69) is 10.2 Å². The number of benzene rings is 1. The van der Waals surface area contributed by atoms with Crippen LogP contribution in [0.4, 0.5) is 0 Å². The average molecular weight is 321 g/mol. The maximum atomic E-state index is 11.6. The van der Waals surface area contributed by atoms with E-state index >= 15 is 0 Å². The summed E-state index contributed by atoms with van der Waals surface area (Å²) >= 11 is 0. The Morgan fingerprint density at radius 2 is 2.17 bits per heavy atom. The van der Waals surface area contributed by atoms with E-state index in [0.29, 0.717) is 26.1 Å². The number of rotatable bonds is 9. The molecule has 3 N–H and O–H groups in total. The number of carbonyl (C=O) groups is 1. The second kappa shape index (κ2) is 10.2. The Hall–Kier alpha value is -1.63. The molecule has 1 amide bonds. The lowest BCUT2D eigenvalue weighted by molar-refractivity contribution is -0.121. The van der Waals surface area contributed by atoms with Gasteiger partial charge in [0.05, 0.1) is 13.2 Å². The van der Waals surface area contributed by atoms with Crippen LogP contribution in [0.15, 0.2) is 24.3 Å². The van der Waals surface area contributed by atoms with Crippen molar-refractivity contribution in [3.63, 3.8) is 0 Å². The number of hydrogen-bond acceptors (Lipinski definition) is 5. The van der Waals surface area contributed by atoms with Crippen LogP contribution in [0, 0.1) is 0 Å². The Balaban J connectivity index is 1.70. The van der Waals surface area contributed by atoms with Crippen molar-refractivity contribution in [2.75, 3.05) is 46.0 Å². The minimum atomic E-state index is 0.0362. The molecule has 2 rings (SSSR count). The SMILES string of the molecule is NCCCC(=O)NCc1cccc(OCCN2CCOCC2)c1. The smallest absolute Gasteiger partial charge is 0.220 e. The number of hydrogen-bond donors (Lipinski definition) is 2. The maximum absolute atomic E-state index is 11.6. The van der Waals surface area contributed by atoms with E-state index in [1.165, 1.54) is 0 Å². The van der Waals surface area contributed by atoms with Gasteiger partial charge in [0.25, 0.3) is 0 Å². The second-order valence-electron chi connectivity index (χ2n) is 5.62. The van der Waals surface area contributed by atoms with Crippen LogP contribution in [0.2, 0.25) is 0 Å². The standard InChI is InChI=1S/C17H27N3O3/c18-6-2-5-17(21)19-14-15-3-1-4-16(13-15)23-12-9-20-7-10-22-11-8-20/h1,3-4,13H,2,5-12,14,18H2,(H,19,21). The molecule has 0 radical (unpaired) electrons. The molecule has 1 aliphatic heterocycles. The fraction of sp³-hybridized carbons (Fsp3) is 0.588. The molecule has 1 aromatic carbocycles. The summed E-state index contributed by atoms with van der Waals surface area (Å²) in [7, 11) is 0. The molecule has 0 aromatic heterocycles. The van der Waals surface area contributed by atoms with Gasteiger partial charge in [-0.05, 0) is 30.7 Å². The van der Waals surface area contributed by atoms with Crippen molar-refractivity contribution in [1.82, 2.24) is 10.2 Å². The van der Waals surface area contributed by atoms with Gasteiger partial charge in [0.1, 0.15) is 12.4 Å². The lowest BCUT2D eigenvalue weighted by Crippen LogP contribution is -2.38. The van der Waals surface area contributed by atoms with Crippen LogP contribution in [-0.4, -0.2) is 56.8 Å². The quantitative estimate of drug-likeness (QED) is 0.702. The minimum absolute atomic E-state index is 0.0362. The third-order valence-corrected chi connectivity index (χ3v) is 3.78. The van der Waals surface area contributed by atoms with Crippen LogP contribution in [0.3, 0.4) is 0 Å². The number of morpholine rings is 1. The molecular weight excluding hydrogens is 294 g/mol. The van der Waals surface area contributed by atoms with E-state index in [4.69, 9.17) is 15.2 Å². The van der Waals surface area contributed by atoms with Crippen molar-refractivity contribution in [3.8, 4) is 5.75 Å². The fourth-order valence-electron chi connectivity index (χ4n) is 2.41. The van der Waals surface area contributed by atoms with E-state index in [-0.39, 0.29) is 5.91 Å². The van der Waals surface area contributed by atoms with E-state index < -0.39 is 0 Å². The minimum Gasteiger partial charge on any atom is -0.492 e. The summed E-state index contributed by atoms with van der Waals surface area (Å²) in [5, 5.41) is 2.90. The van der Waals surface area contributed by atoms with Gasteiger partial charge in [-0.25, -0.2) is 0 Å².